The highest BCUT2D eigenvalue weighted by atomic mass is 32.1. The number of aromatic nitrogens is 3. The number of nitrogen functional groups attached to an aromatic ring is 1. The zero-order valence-electron chi connectivity index (χ0n) is 6.34. The summed E-state index contributed by atoms with van der Waals surface area (Å²) in [6.45, 7) is 0.752. The molecule has 2 heterocycles. The van der Waals surface area contributed by atoms with Crippen LogP contribution in [0.5, 0.6) is 0 Å². The number of nitrogens with zero attached hydrogens (tertiary/aromatic N) is 3. The molecule has 2 aromatic heterocycles. The number of hydrogen-bond acceptors (Lipinski definition) is 4. The van der Waals surface area contributed by atoms with Crippen LogP contribution in [0, 0.1) is 0 Å². The summed E-state index contributed by atoms with van der Waals surface area (Å²) in [6.07, 6.45) is 5.45. The monoisotopic (exact) mass is 180 g/mol. The predicted octanol–water partition coefficient (Wildman–Crippen LogP) is 0.970. The number of nitrogens with two attached hydrogens (primary N) is 1. The minimum atomic E-state index is 0.608. The van der Waals surface area contributed by atoms with Gasteiger partial charge in [0.05, 0.1) is 6.54 Å². The second-order valence-electron chi connectivity index (χ2n) is 2.37. The minimum Gasteiger partial charge on any atom is -0.375 e. The van der Waals surface area contributed by atoms with Crippen molar-refractivity contribution in [2.75, 3.05) is 5.73 Å². The van der Waals surface area contributed by atoms with Crippen LogP contribution in [-0.2, 0) is 6.54 Å². The lowest BCUT2D eigenvalue weighted by molar-refractivity contribution is 0.694. The SMILES string of the molecule is Nc1ncc(Cn2cccn2)s1. The molecule has 0 aromatic carbocycles. The quantitative estimate of drug-likeness (QED) is 0.749. The van der Waals surface area contributed by atoms with E-state index in [1.54, 1.807) is 12.4 Å². The molecule has 2 N–H and O–H groups in total. The van der Waals surface area contributed by atoms with Gasteiger partial charge in [0.25, 0.3) is 0 Å². The molecule has 5 heteroatoms. The van der Waals surface area contributed by atoms with Gasteiger partial charge in [-0.25, -0.2) is 4.98 Å². The Bertz CT molecular complexity index is 351. The molecule has 0 aliphatic rings. The van der Waals surface area contributed by atoms with Gasteiger partial charge in [-0.3, -0.25) is 4.68 Å². The molecule has 62 valence electrons. The minimum absolute atomic E-state index is 0.608. The zero-order chi connectivity index (χ0) is 8.39. The summed E-state index contributed by atoms with van der Waals surface area (Å²) in [4.78, 5) is 5.07. The standard InChI is InChI=1S/C7H8N4S/c8-7-9-4-6(12-7)5-11-3-1-2-10-11/h1-4H,5H2,(H2,8,9). The Balaban J connectivity index is 2.14. The number of anilines is 1. The average Bonchev–Trinajstić information content (AvgIpc) is 2.63. The Labute approximate surface area is 73.7 Å². The Morgan fingerprint density at radius 3 is 3.08 bits per heavy atom. The highest BCUT2D eigenvalue weighted by Crippen LogP contribution is 2.14. The van der Waals surface area contributed by atoms with Crippen molar-refractivity contribution in [1.29, 1.82) is 0 Å². The molecule has 0 atom stereocenters. The van der Waals surface area contributed by atoms with E-state index in [2.05, 4.69) is 10.1 Å². The van der Waals surface area contributed by atoms with Crippen molar-refractivity contribution < 1.29 is 0 Å². The molecule has 0 radical (unpaired) electrons. The second kappa shape index (κ2) is 2.94. The van der Waals surface area contributed by atoms with E-state index < -0.39 is 0 Å². The third-order valence-corrected chi connectivity index (χ3v) is 2.26. The summed E-state index contributed by atoms with van der Waals surface area (Å²) >= 11 is 1.49. The average molecular weight is 180 g/mol. The van der Waals surface area contributed by atoms with Crippen molar-refractivity contribution in [3.05, 3.63) is 29.5 Å². The molecule has 0 saturated carbocycles. The van der Waals surface area contributed by atoms with Crippen LogP contribution in [0.1, 0.15) is 4.88 Å². The van der Waals surface area contributed by atoms with Crippen LogP contribution in [-0.4, -0.2) is 14.8 Å². The zero-order valence-corrected chi connectivity index (χ0v) is 7.16. The van der Waals surface area contributed by atoms with Crippen molar-refractivity contribution >= 4 is 16.5 Å². The smallest absolute Gasteiger partial charge is 0.180 e. The van der Waals surface area contributed by atoms with Crippen LogP contribution >= 0.6 is 11.3 Å². The summed E-state index contributed by atoms with van der Waals surface area (Å²) in [6, 6.07) is 1.89. The van der Waals surface area contributed by atoms with Crippen molar-refractivity contribution in [2.24, 2.45) is 0 Å². The summed E-state index contributed by atoms with van der Waals surface area (Å²) < 4.78 is 1.84. The molecule has 0 fully saturated rings. The lowest BCUT2D eigenvalue weighted by atomic mass is 10.5. The molecule has 2 aromatic rings. The van der Waals surface area contributed by atoms with Crippen LogP contribution < -0.4 is 5.73 Å². The Hall–Kier alpha value is -1.36. The lowest BCUT2D eigenvalue weighted by Gasteiger charge is -1.94. The molecule has 0 spiro atoms. The van der Waals surface area contributed by atoms with Crippen LogP contribution in [0.25, 0.3) is 0 Å². The van der Waals surface area contributed by atoms with Crippen LogP contribution in [0.15, 0.2) is 24.7 Å². The molecule has 0 aliphatic carbocycles. The van der Waals surface area contributed by atoms with E-state index in [1.165, 1.54) is 11.3 Å². The van der Waals surface area contributed by atoms with E-state index in [0.717, 1.165) is 11.4 Å². The number of hydrogen-bond donors (Lipinski definition) is 1. The highest BCUT2D eigenvalue weighted by molar-refractivity contribution is 7.15. The fraction of sp³-hybridized carbons (Fsp3) is 0.143. The van der Waals surface area contributed by atoms with E-state index in [0.29, 0.717) is 5.13 Å². The van der Waals surface area contributed by atoms with Crippen LogP contribution in [0.3, 0.4) is 0 Å². The normalized spacial score (nSPS) is 10.3. The van der Waals surface area contributed by atoms with Gasteiger partial charge in [0.1, 0.15) is 0 Å². The lowest BCUT2D eigenvalue weighted by Crippen LogP contribution is -1.97. The molecule has 4 nitrogen and oxygen atoms in total. The first kappa shape index (κ1) is 7.30. The van der Waals surface area contributed by atoms with Crippen molar-refractivity contribution in [2.45, 2.75) is 6.54 Å². The van der Waals surface area contributed by atoms with E-state index in [4.69, 9.17) is 5.73 Å². The fourth-order valence-electron chi connectivity index (χ4n) is 0.949. The van der Waals surface area contributed by atoms with Gasteiger partial charge in [-0.15, -0.1) is 11.3 Å². The maximum atomic E-state index is 5.49. The van der Waals surface area contributed by atoms with Gasteiger partial charge < -0.3 is 5.73 Å². The van der Waals surface area contributed by atoms with Crippen molar-refractivity contribution in [1.82, 2.24) is 14.8 Å². The third-order valence-electron chi connectivity index (χ3n) is 1.45. The molecule has 0 saturated heterocycles. The van der Waals surface area contributed by atoms with Crippen LogP contribution in [0.2, 0.25) is 0 Å². The van der Waals surface area contributed by atoms with Crippen molar-refractivity contribution in [3.8, 4) is 0 Å². The molecular formula is C7H8N4S. The van der Waals surface area contributed by atoms with Gasteiger partial charge in [0.15, 0.2) is 5.13 Å². The first-order valence-electron chi connectivity index (χ1n) is 3.52. The molecular weight excluding hydrogens is 172 g/mol. The Morgan fingerprint density at radius 1 is 1.58 bits per heavy atom. The van der Waals surface area contributed by atoms with Gasteiger partial charge >= 0.3 is 0 Å². The fourth-order valence-corrected chi connectivity index (χ4v) is 1.63. The van der Waals surface area contributed by atoms with Gasteiger partial charge in [-0.05, 0) is 6.07 Å². The number of thiazole rings is 1. The van der Waals surface area contributed by atoms with E-state index in [1.807, 2.05) is 16.9 Å². The van der Waals surface area contributed by atoms with E-state index >= 15 is 0 Å². The highest BCUT2D eigenvalue weighted by Gasteiger charge is 1.98. The summed E-state index contributed by atoms with van der Waals surface area (Å²) in [7, 11) is 0. The van der Waals surface area contributed by atoms with E-state index in [-0.39, 0.29) is 0 Å². The Morgan fingerprint density at radius 2 is 2.50 bits per heavy atom. The van der Waals surface area contributed by atoms with Gasteiger partial charge in [-0.2, -0.15) is 5.10 Å². The summed E-state index contributed by atoms with van der Waals surface area (Å²) in [5.74, 6) is 0. The molecule has 12 heavy (non-hydrogen) atoms. The van der Waals surface area contributed by atoms with Crippen LogP contribution in [0.4, 0.5) is 5.13 Å². The maximum Gasteiger partial charge on any atom is 0.180 e. The topological polar surface area (TPSA) is 56.7 Å². The molecule has 0 amide bonds. The second-order valence-corrected chi connectivity index (χ2v) is 3.52. The molecule has 0 unspecified atom stereocenters. The maximum absolute atomic E-state index is 5.49. The first-order chi connectivity index (χ1) is 5.84. The predicted molar refractivity (Wildman–Crippen MR) is 47.9 cm³/mol. The van der Waals surface area contributed by atoms with E-state index in [9.17, 15) is 0 Å². The molecule has 2 rings (SSSR count). The third kappa shape index (κ3) is 1.45. The van der Waals surface area contributed by atoms with Gasteiger partial charge in [0, 0.05) is 23.5 Å². The van der Waals surface area contributed by atoms with Crippen molar-refractivity contribution in [3.63, 3.8) is 0 Å². The number of rotatable bonds is 2. The summed E-state index contributed by atoms with van der Waals surface area (Å²) in [5, 5.41) is 4.68. The largest absolute Gasteiger partial charge is 0.375 e. The summed E-state index contributed by atoms with van der Waals surface area (Å²) in [5.41, 5.74) is 5.49. The first-order valence-corrected chi connectivity index (χ1v) is 4.34. The molecule has 0 aliphatic heterocycles. The Kier molecular flexibility index (Phi) is 1.79. The molecule has 0 bridgehead atoms. The van der Waals surface area contributed by atoms with Gasteiger partial charge in [0.2, 0.25) is 0 Å². The van der Waals surface area contributed by atoms with Gasteiger partial charge in [-0.1, -0.05) is 0 Å².